The van der Waals surface area contributed by atoms with Crippen LogP contribution in [-0.4, -0.2) is 0 Å². The normalized spacial score (nSPS) is 21.6. The largest absolute Gasteiger partial charge is 0.207 e. The molecule has 140 valence electrons. The summed E-state index contributed by atoms with van der Waals surface area (Å²) in [7, 11) is 0. The van der Waals surface area contributed by atoms with Crippen LogP contribution in [0.15, 0.2) is 36.4 Å². The van der Waals surface area contributed by atoms with Crippen LogP contribution in [0.1, 0.15) is 51.5 Å². The van der Waals surface area contributed by atoms with Gasteiger partial charge in [0.05, 0.1) is 0 Å². The van der Waals surface area contributed by atoms with Crippen LogP contribution in [0.4, 0.5) is 13.2 Å². The smallest absolute Gasteiger partial charge is 0.159 e. The highest BCUT2D eigenvalue weighted by atomic mass is 19.2. The standard InChI is InChI=1S/C23H27F3/c1-3-16-4-6-17(7-5-16)15(2)12-20-9-8-18(13-22(20)25)19-10-11-21(24)23(26)14-19/h8-11,13-17H,3-7,12H2,1-2H3. The molecule has 1 atom stereocenters. The van der Waals surface area contributed by atoms with E-state index in [1.807, 2.05) is 0 Å². The summed E-state index contributed by atoms with van der Waals surface area (Å²) in [6.07, 6.45) is 7.07. The highest BCUT2D eigenvalue weighted by Gasteiger charge is 2.25. The van der Waals surface area contributed by atoms with Gasteiger partial charge in [-0.2, -0.15) is 0 Å². The second kappa shape index (κ2) is 8.28. The van der Waals surface area contributed by atoms with Crippen LogP contribution in [0.2, 0.25) is 0 Å². The van der Waals surface area contributed by atoms with Crippen molar-refractivity contribution in [1.82, 2.24) is 0 Å². The predicted octanol–water partition coefficient (Wildman–Crippen LogP) is 7.17. The third-order valence-corrected chi connectivity index (χ3v) is 6.12. The Kier molecular flexibility index (Phi) is 6.05. The monoisotopic (exact) mass is 360 g/mol. The first-order valence-electron chi connectivity index (χ1n) is 9.71. The lowest BCUT2D eigenvalue weighted by Gasteiger charge is -2.32. The van der Waals surface area contributed by atoms with Crippen LogP contribution in [-0.2, 0) is 6.42 Å². The Bertz CT molecular complexity index is 745. The maximum Gasteiger partial charge on any atom is 0.159 e. The molecule has 0 spiro atoms. The molecule has 1 saturated carbocycles. The zero-order valence-electron chi connectivity index (χ0n) is 15.6. The number of rotatable bonds is 5. The van der Waals surface area contributed by atoms with Gasteiger partial charge in [-0.25, -0.2) is 13.2 Å². The summed E-state index contributed by atoms with van der Waals surface area (Å²) in [5, 5.41) is 0. The van der Waals surface area contributed by atoms with E-state index in [9.17, 15) is 13.2 Å². The maximum absolute atomic E-state index is 14.6. The molecule has 0 saturated heterocycles. The summed E-state index contributed by atoms with van der Waals surface area (Å²) >= 11 is 0. The molecule has 0 heterocycles. The van der Waals surface area contributed by atoms with E-state index in [1.54, 1.807) is 12.1 Å². The fourth-order valence-electron chi connectivity index (χ4n) is 4.25. The first-order chi connectivity index (χ1) is 12.5. The first kappa shape index (κ1) is 19.0. The fourth-order valence-corrected chi connectivity index (χ4v) is 4.25. The molecule has 0 nitrogen and oxygen atoms in total. The lowest BCUT2D eigenvalue weighted by Crippen LogP contribution is -2.21. The van der Waals surface area contributed by atoms with E-state index in [2.05, 4.69) is 13.8 Å². The number of benzene rings is 2. The molecule has 0 radical (unpaired) electrons. The zero-order valence-corrected chi connectivity index (χ0v) is 15.6. The van der Waals surface area contributed by atoms with Gasteiger partial charge in [0.1, 0.15) is 5.82 Å². The SMILES string of the molecule is CCC1CCC(C(C)Cc2ccc(-c3ccc(F)c(F)c3)cc2F)CC1. The molecule has 0 bridgehead atoms. The van der Waals surface area contributed by atoms with Crippen molar-refractivity contribution in [2.45, 2.75) is 52.4 Å². The van der Waals surface area contributed by atoms with Crippen LogP contribution in [0.5, 0.6) is 0 Å². The highest BCUT2D eigenvalue weighted by Crippen LogP contribution is 2.36. The van der Waals surface area contributed by atoms with Gasteiger partial charge in [-0.3, -0.25) is 0 Å². The van der Waals surface area contributed by atoms with Gasteiger partial charge in [0.2, 0.25) is 0 Å². The Balaban J connectivity index is 1.68. The highest BCUT2D eigenvalue weighted by molar-refractivity contribution is 5.64. The Morgan fingerprint density at radius 1 is 0.846 bits per heavy atom. The lowest BCUT2D eigenvalue weighted by molar-refractivity contribution is 0.209. The van der Waals surface area contributed by atoms with E-state index in [0.29, 0.717) is 28.5 Å². The van der Waals surface area contributed by atoms with Crippen molar-refractivity contribution < 1.29 is 13.2 Å². The number of hydrogen-bond donors (Lipinski definition) is 0. The van der Waals surface area contributed by atoms with Crippen LogP contribution in [0, 0.1) is 35.2 Å². The minimum absolute atomic E-state index is 0.263. The second-order valence-corrected chi connectivity index (χ2v) is 7.81. The van der Waals surface area contributed by atoms with Crippen molar-refractivity contribution in [3.8, 4) is 11.1 Å². The Hall–Kier alpha value is -1.77. The van der Waals surface area contributed by atoms with Gasteiger partial charge in [0.25, 0.3) is 0 Å². The predicted molar refractivity (Wildman–Crippen MR) is 100 cm³/mol. The van der Waals surface area contributed by atoms with Gasteiger partial charge >= 0.3 is 0 Å². The average molecular weight is 360 g/mol. The third kappa shape index (κ3) is 4.31. The van der Waals surface area contributed by atoms with Crippen LogP contribution >= 0.6 is 0 Å². The van der Waals surface area contributed by atoms with Crippen LogP contribution in [0.25, 0.3) is 11.1 Å². The molecule has 0 aliphatic heterocycles. The van der Waals surface area contributed by atoms with E-state index >= 15 is 0 Å². The zero-order chi connectivity index (χ0) is 18.7. The van der Waals surface area contributed by atoms with Crippen molar-refractivity contribution in [1.29, 1.82) is 0 Å². The molecule has 0 N–H and O–H groups in total. The summed E-state index contributed by atoms with van der Waals surface area (Å²) in [4.78, 5) is 0. The first-order valence-corrected chi connectivity index (χ1v) is 9.71. The minimum Gasteiger partial charge on any atom is -0.207 e. The van der Waals surface area contributed by atoms with Crippen molar-refractivity contribution >= 4 is 0 Å². The van der Waals surface area contributed by atoms with Gasteiger partial charge in [0.15, 0.2) is 11.6 Å². The van der Waals surface area contributed by atoms with Gasteiger partial charge in [-0.05, 0) is 71.9 Å². The number of halogens is 3. The molecule has 2 aromatic carbocycles. The molecule has 1 aliphatic rings. The summed E-state index contributed by atoms with van der Waals surface area (Å²) in [5.41, 5.74) is 1.77. The molecule has 0 amide bonds. The average Bonchev–Trinajstić information content (AvgIpc) is 2.65. The van der Waals surface area contributed by atoms with Crippen molar-refractivity contribution in [2.24, 2.45) is 17.8 Å². The summed E-state index contributed by atoms with van der Waals surface area (Å²) in [5.74, 6) is -0.0767. The van der Waals surface area contributed by atoms with E-state index in [1.165, 1.54) is 44.2 Å². The van der Waals surface area contributed by atoms with Crippen LogP contribution < -0.4 is 0 Å². The summed E-state index contributed by atoms with van der Waals surface area (Å²) in [6, 6.07) is 8.68. The molecule has 0 aromatic heterocycles. The van der Waals surface area contributed by atoms with E-state index < -0.39 is 11.6 Å². The second-order valence-electron chi connectivity index (χ2n) is 7.81. The molecular formula is C23H27F3. The van der Waals surface area contributed by atoms with Crippen molar-refractivity contribution in [3.05, 3.63) is 59.4 Å². The van der Waals surface area contributed by atoms with Crippen molar-refractivity contribution in [2.75, 3.05) is 0 Å². The minimum atomic E-state index is -0.914. The van der Waals surface area contributed by atoms with E-state index in [4.69, 9.17) is 0 Å². The van der Waals surface area contributed by atoms with Gasteiger partial charge in [-0.15, -0.1) is 0 Å². The molecule has 3 rings (SSSR count). The summed E-state index contributed by atoms with van der Waals surface area (Å²) in [6.45, 7) is 4.48. The summed E-state index contributed by atoms with van der Waals surface area (Å²) < 4.78 is 41.1. The quantitative estimate of drug-likeness (QED) is 0.530. The molecule has 1 unspecified atom stereocenters. The Morgan fingerprint density at radius 2 is 1.46 bits per heavy atom. The Labute approximate surface area is 154 Å². The van der Waals surface area contributed by atoms with Gasteiger partial charge in [0, 0.05) is 0 Å². The molecule has 2 aromatic rings. The lowest BCUT2D eigenvalue weighted by atomic mass is 9.74. The molecule has 1 fully saturated rings. The van der Waals surface area contributed by atoms with Gasteiger partial charge in [-0.1, -0.05) is 51.3 Å². The molecule has 1 aliphatic carbocycles. The molecule has 3 heteroatoms. The molecule has 26 heavy (non-hydrogen) atoms. The van der Waals surface area contributed by atoms with E-state index in [-0.39, 0.29) is 5.82 Å². The third-order valence-electron chi connectivity index (χ3n) is 6.12. The molecular weight excluding hydrogens is 333 g/mol. The van der Waals surface area contributed by atoms with Crippen molar-refractivity contribution in [3.63, 3.8) is 0 Å². The fraction of sp³-hybridized carbons (Fsp3) is 0.478. The Morgan fingerprint density at radius 3 is 2.04 bits per heavy atom. The maximum atomic E-state index is 14.6. The topological polar surface area (TPSA) is 0 Å². The number of hydrogen-bond acceptors (Lipinski definition) is 0. The van der Waals surface area contributed by atoms with Crippen LogP contribution in [0.3, 0.4) is 0 Å². The van der Waals surface area contributed by atoms with Gasteiger partial charge < -0.3 is 0 Å². The van der Waals surface area contributed by atoms with E-state index in [0.717, 1.165) is 24.5 Å².